The minimum absolute atomic E-state index is 0.132. The molecular formula is C17H24N2O. The number of aryl methyl sites for hydroxylation is 1. The van der Waals surface area contributed by atoms with Gasteiger partial charge in [0.15, 0.2) is 0 Å². The summed E-state index contributed by atoms with van der Waals surface area (Å²) in [5, 5.41) is 6.65. The van der Waals surface area contributed by atoms with Gasteiger partial charge in [-0.05, 0) is 48.4 Å². The molecule has 20 heavy (non-hydrogen) atoms. The predicted molar refractivity (Wildman–Crippen MR) is 83.0 cm³/mol. The van der Waals surface area contributed by atoms with Gasteiger partial charge in [-0.25, -0.2) is 0 Å². The third-order valence-electron chi connectivity index (χ3n) is 5.06. The summed E-state index contributed by atoms with van der Waals surface area (Å²) in [7, 11) is 0. The molecule has 1 aromatic carbocycles. The second-order valence-electron chi connectivity index (χ2n) is 6.44. The molecule has 0 saturated heterocycles. The molecule has 1 amide bonds. The van der Waals surface area contributed by atoms with Crippen LogP contribution in [0, 0.1) is 11.8 Å². The van der Waals surface area contributed by atoms with E-state index in [-0.39, 0.29) is 5.91 Å². The summed E-state index contributed by atoms with van der Waals surface area (Å²) < 4.78 is 0. The van der Waals surface area contributed by atoms with Gasteiger partial charge in [-0.1, -0.05) is 26.7 Å². The van der Waals surface area contributed by atoms with E-state index in [4.69, 9.17) is 0 Å². The van der Waals surface area contributed by atoms with E-state index in [1.807, 2.05) is 6.07 Å². The zero-order valence-electron chi connectivity index (χ0n) is 12.4. The van der Waals surface area contributed by atoms with E-state index in [9.17, 15) is 4.79 Å². The second-order valence-corrected chi connectivity index (χ2v) is 6.44. The Morgan fingerprint density at radius 1 is 1.20 bits per heavy atom. The Bertz CT molecular complexity index is 512. The van der Waals surface area contributed by atoms with Crippen LogP contribution in [-0.4, -0.2) is 11.9 Å². The minimum atomic E-state index is 0.132. The number of carbonyl (C=O) groups excluding carboxylic acids is 1. The molecule has 1 aliphatic heterocycles. The molecule has 2 N–H and O–H groups in total. The number of amides is 1. The summed E-state index contributed by atoms with van der Waals surface area (Å²) in [4.78, 5) is 11.4. The SMILES string of the molecule is CC1CCCC(Nc2ccc3c(c2)CCC(=O)N3)C1C. The van der Waals surface area contributed by atoms with Crippen molar-refractivity contribution in [3.8, 4) is 0 Å². The number of benzene rings is 1. The molecule has 1 aliphatic carbocycles. The molecule has 3 unspecified atom stereocenters. The van der Waals surface area contributed by atoms with E-state index in [1.54, 1.807) is 0 Å². The van der Waals surface area contributed by atoms with Crippen LogP contribution in [0.25, 0.3) is 0 Å². The minimum Gasteiger partial charge on any atom is -0.382 e. The normalized spacial score (nSPS) is 29.5. The average molecular weight is 272 g/mol. The fourth-order valence-electron chi connectivity index (χ4n) is 3.47. The van der Waals surface area contributed by atoms with Gasteiger partial charge in [0.1, 0.15) is 0 Å². The molecule has 1 saturated carbocycles. The van der Waals surface area contributed by atoms with Crippen molar-refractivity contribution in [1.29, 1.82) is 0 Å². The smallest absolute Gasteiger partial charge is 0.224 e. The molecule has 1 heterocycles. The first-order valence-electron chi connectivity index (χ1n) is 7.83. The molecule has 2 aliphatic rings. The van der Waals surface area contributed by atoms with E-state index < -0.39 is 0 Å². The van der Waals surface area contributed by atoms with Crippen molar-refractivity contribution in [2.24, 2.45) is 11.8 Å². The molecule has 1 aromatic rings. The van der Waals surface area contributed by atoms with Crippen LogP contribution in [0.15, 0.2) is 18.2 Å². The highest BCUT2D eigenvalue weighted by Gasteiger charge is 2.27. The van der Waals surface area contributed by atoms with Crippen LogP contribution in [0.4, 0.5) is 11.4 Å². The van der Waals surface area contributed by atoms with Gasteiger partial charge in [0.05, 0.1) is 0 Å². The highest BCUT2D eigenvalue weighted by molar-refractivity contribution is 5.94. The molecule has 108 valence electrons. The zero-order chi connectivity index (χ0) is 14.1. The summed E-state index contributed by atoms with van der Waals surface area (Å²) in [5.41, 5.74) is 3.44. The molecular weight excluding hydrogens is 248 g/mol. The van der Waals surface area contributed by atoms with Crippen LogP contribution in [0.3, 0.4) is 0 Å². The lowest BCUT2D eigenvalue weighted by molar-refractivity contribution is -0.116. The summed E-state index contributed by atoms with van der Waals surface area (Å²) in [5.74, 6) is 1.66. The molecule has 3 nitrogen and oxygen atoms in total. The number of fused-ring (bicyclic) bond motifs is 1. The Hall–Kier alpha value is -1.51. The largest absolute Gasteiger partial charge is 0.382 e. The quantitative estimate of drug-likeness (QED) is 0.859. The second kappa shape index (κ2) is 5.47. The monoisotopic (exact) mass is 272 g/mol. The topological polar surface area (TPSA) is 41.1 Å². The van der Waals surface area contributed by atoms with Gasteiger partial charge in [0.25, 0.3) is 0 Å². The number of anilines is 2. The zero-order valence-corrected chi connectivity index (χ0v) is 12.4. The Morgan fingerprint density at radius 3 is 2.90 bits per heavy atom. The van der Waals surface area contributed by atoms with Crippen LogP contribution < -0.4 is 10.6 Å². The first-order chi connectivity index (χ1) is 9.63. The van der Waals surface area contributed by atoms with Crippen molar-refractivity contribution in [1.82, 2.24) is 0 Å². The van der Waals surface area contributed by atoms with E-state index in [0.29, 0.717) is 12.5 Å². The first kappa shape index (κ1) is 13.5. The number of rotatable bonds is 2. The van der Waals surface area contributed by atoms with Crippen molar-refractivity contribution in [2.45, 2.75) is 52.0 Å². The van der Waals surface area contributed by atoms with Gasteiger partial charge >= 0.3 is 0 Å². The van der Waals surface area contributed by atoms with Crippen LogP contribution in [-0.2, 0) is 11.2 Å². The van der Waals surface area contributed by atoms with E-state index >= 15 is 0 Å². The highest BCUT2D eigenvalue weighted by Crippen LogP contribution is 2.33. The van der Waals surface area contributed by atoms with E-state index in [2.05, 4.69) is 36.6 Å². The van der Waals surface area contributed by atoms with Gasteiger partial charge in [-0.2, -0.15) is 0 Å². The van der Waals surface area contributed by atoms with Gasteiger partial charge in [-0.15, -0.1) is 0 Å². The molecule has 0 bridgehead atoms. The van der Waals surface area contributed by atoms with Gasteiger partial charge in [0.2, 0.25) is 5.91 Å². The molecule has 0 aromatic heterocycles. The van der Waals surface area contributed by atoms with Gasteiger partial charge in [-0.3, -0.25) is 4.79 Å². The average Bonchev–Trinajstić information content (AvgIpc) is 2.44. The lowest BCUT2D eigenvalue weighted by Gasteiger charge is -2.35. The van der Waals surface area contributed by atoms with Crippen LogP contribution >= 0.6 is 0 Å². The number of hydrogen-bond acceptors (Lipinski definition) is 2. The Balaban J connectivity index is 1.73. The Morgan fingerprint density at radius 2 is 2.05 bits per heavy atom. The lowest BCUT2D eigenvalue weighted by atomic mass is 9.78. The maximum Gasteiger partial charge on any atom is 0.224 e. The number of nitrogens with one attached hydrogen (secondary N) is 2. The Labute approximate surface area is 121 Å². The van der Waals surface area contributed by atoms with Crippen molar-refractivity contribution in [3.05, 3.63) is 23.8 Å². The summed E-state index contributed by atoms with van der Waals surface area (Å²) in [6.07, 6.45) is 5.40. The number of carbonyl (C=O) groups is 1. The maximum atomic E-state index is 11.4. The Kier molecular flexibility index (Phi) is 3.68. The van der Waals surface area contributed by atoms with Crippen molar-refractivity contribution < 1.29 is 4.79 Å². The summed E-state index contributed by atoms with van der Waals surface area (Å²) >= 11 is 0. The fraction of sp³-hybridized carbons (Fsp3) is 0.588. The summed E-state index contributed by atoms with van der Waals surface area (Å²) in [6, 6.07) is 6.91. The van der Waals surface area contributed by atoms with Crippen molar-refractivity contribution in [2.75, 3.05) is 10.6 Å². The third kappa shape index (κ3) is 2.67. The van der Waals surface area contributed by atoms with E-state index in [1.165, 1.54) is 30.5 Å². The molecule has 3 atom stereocenters. The third-order valence-corrected chi connectivity index (χ3v) is 5.06. The van der Waals surface area contributed by atoms with Crippen molar-refractivity contribution in [3.63, 3.8) is 0 Å². The standard InChI is InChI=1S/C17H24N2O/c1-11-4-3-5-15(12(11)2)18-14-7-8-16-13(10-14)6-9-17(20)19-16/h7-8,10-12,15,18H,3-6,9H2,1-2H3,(H,19,20). The molecule has 1 fully saturated rings. The number of hydrogen-bond donors (Lipinski definition) is 2. The molecule has 0 spiro atoms. The molecule has 3 rings (SSSR count). The van der Waals surface area contributed by atoms with Crippen LogP contribution in [0.1, 0.15) is 45.1 Å². The van der Waals surface area contributed by atoms with Crippen LogP contribution in [0.2, 0.25) is 0 Å². The van der Waals surface area contributed by atoms with Crippen LogP contribution in [0.5, 0.6) is 0 Å². The first-order valence-corrected chi connectivity index (χ1v) is 7.83. The predicted octanol–water partition coefficient (Wildman–Crippen LogP) is 3.81. The lowest BCUT2D eigenvalue weighted by Crippen LogP contribution is -2.35. The fourth-order valence-corrected chi connectivity index (χ4v) is 3.47. The molecule has 0 radical (unpaired) electrons. The maximum absolute atomic E-state index is 11.4. The highest BCUT2D eigenvalue weighted by atomic mass is 16.1. The van der Waals surface area contributed by atoms with Gasteiger partial charge < -0.3 is 10.6 Å². The van der Waals surface area contributed by atoms with Crippen molar-refractivity contribution >= 4 is 17.3 Å². The molecule has 3 heteroatoms. The van der Waals surface area contributed by atoms with E-state index in [0.717, 1.165) is 23.9 Å². The summed E-state index contributed by atoms with van der Waals surface area (Å²) in [6.45, 7) is 4.72. The van der Waals surface area contributed by atoms with Gasteiger partial charge in [0, 0.05) is 23.8 Å².